The van der Waals surface area contributed by atoms with Crippen molar-refractivity contribution in [2.45, 2.75) is 6.10 Å². The second-order valence-electron chi connectivity index (χ2n) is 4.19. The van der Waals surface area contributed by atoms with Gasteiger partial charge in [0.15, 0.2) is 0 Å². The fourth-order valence-corrected chi connectivity index (χ4v) is 2.55. The molecule has 2 N–H and O–H groups in total. The summed E-state index contributed by atoms with van der Waals surface area (Å²) in [6.07, 6.45) is -0.761. The number of benzene rings is 2. The first kappa shape index (κ1) is 15.9. The maximum atomic E-state index is 10.2. The largest absolute Gasteiger partial charge is 0.387 e. The molecule has 106 valence electrons. The van der Waals surface area contributed by atoms with E-state index in [1.54, 1.807) is 24.3 Å². The molecule has 2 aromatic carbocycles. The number of hydrogen-bond donors (Lipinski definition) is 2. The molecular weight excluding hydrogens is 384 g/mol. The van der Waals surface area contributed by atoms with Crippen molar-refractivity contribution in [1.82, 2.24) is 0 Å². The minimum atomic E-state index is -0.761. The number of aliphatic hydroxyl groups is 1. The molecule has 0 amide bonds. The van der Waals surface area contributed by atoms with Crippen molar-refractivity contribution in [3.8, 4) is 0 Å². The number of halogens is 4. The molecule has 20 heavy (non-hydrogen) atoms. The first-order valence-electron chi connectivity index (χ1n) is 5.79. The van der Waals surface area contributed by atoms with Crippen LogP contribution in [0.1, 0.15) is 11.7 Å². The minimum absolute atomic E-state index is 0.304. The van der Waals surface area contributed by atoms with Crippen LogP contribution in [-0.2, 0) is 0 Å². The van der Waals surface area contributed by atoms with Gasteiger partial charge in [-0.3, -0.25) is 0 Å². The Bertz CT molecular complexity index is 621. The van der Waals surface area contributed by atoms with E-state index in [9.17, 15) is 5.11 Å². The molecule has 6 heteroatoms. The van der Waals surface area contributed by atoms with E-state index in [-0.39, 0.29) is 0 Å². The van der Waals surface area contributed by atoms with Crippen LogP contribution in [0.4, 0.5) is 5.69 Å². The van der Waals surface area contributed by atoms with E-state index in [0.29, 0.717) is 27.2 Å². The van der Waals surface area contributed by atoms with Crippen LogP contribution in [0.3, 0.4) is 0 Å². The molecule has 0 aliphatic heterocycles. The van der Waals surface area contributed by atoms with Gasteiger partial charge in [-0.15, -0.1) is 0 Å². The molecule has 2 rings (SSSR count). The number of rotatable bonds is 4. The van der Waals surface area contributed by atoms with Gasteiger partial charge < -0.3 is 10.4 Å². The predicted octanol–water partition coefficient (Wildman–Crippen LogP) is 5.55. The molecule has 0 spiro atoms. The third-order valence-electron chi connectivity index (χ3n) is 2.74. The van der Waals surface area contributed by atoms with Crippen molar-refractivity contribution in [3.05, 3.63) is 61.5 Å². The Labute approximate surface area is 140 Å². The van der Waals surface area contributed by atoms with Crippen molar-refractivity contribution in [2.24, 2.45) is 0 Å². The molecule has 0 bridgehead atoms. The van der Waals surface area contributed by atoms with Crippen molar-refractivity contribution in [1.29, 1.82) is 0 Å². The highest BCUT2D eigenvalue weighted by Gasteiger charge is 2.12. The standard InChI is InChI=1S/C14H11BrCl3NO/c15-11-3-2-9(6-13(11)18)19-7-14(20)10-5-8(16)1-4-12(10)17/h1-6,14,19-20H,7H2. The molecule has 0 radical (unpaired) electrons. The number of hydrogen-bond acceptors (Lipinski definition) is 2. The van der Waals surface area contributed by atoms with Gasteiger partial charge >= 0.3 is 0 Å². The van der Waals surface area contributed by atoms with Crippen LogP contribution in [0.15, 0.2) is 40.9 Å². The van der Waals surface area contributed by atoms with Gasteiger partial charge in [0, 0.05) is 32.3 Å². The number of nitrogens with one attached hydrogen (secondary N) is 1. The number of aliphatic hydroxyl groups excluding tert-OH is 1. The quantitative estimate of drug-likeness (QED) is 0.711. The third kappa shape index (κ3) is 4.03. The van der Waals surface area contributed by atoms with Crippen molar-refractivity contribution in [2.75, 3.05) is 11.9 Å². The zero-order valence-corrected chi connectivity index (χ0v) is 14.1. The molecule has 2 nitrogen and oxygen atoms in total. The molecule has 0 aromatic heterocycles. The molecule has 1 atom stereocenters. The van der Waals surface area contributed by atoms with E-state index in [1.165, 1.54) is 0 Å². The fraction of sp³-hybridized carbons (Fsp3) is 0.143. The Balaban J connectivity index is 2.06. The summed E-state index contributed by atoms with van der Waals surface area (Å²) in [7, 11) is 0. The van der Waals surface area contributed by atoms with Gasteiger partial charge in [-0.25, -0.2) is 0 Å². The normalized spacial score (nSPS) is 12.2. The van der Waals surface area contributed by atoms with E-state index in [4.69, 9.17) is 34.8 Å². The highest BCUT2D eigenvalue weighted by Crippen LogP contribution is 2.28. The van der Waals surface area contributed by atoms with Gasteiger partial charge in [-0.2, -0.15) is 0 Å². The first-order chi connectivity index (χ1) is 9.47. The van der Waals surface area contributed by atoms with Gasteiger partial charge in [-0.05, 0) is 52.3 Å². The highest BCUT2D eigenvalue weighted by atomic mass is 79.9. The van der Waals surface area contributed by atoms with E-state index >= 15 is 0 Å². The van der Waals surface area contributed by atoms with Gasteiger partial charge in [0.1, 0.15) is 0 Å². The molecule has 0 aliphatic carbocycles. The second kappa shape index (κ2) is 7.01. The van der Waals surface area contributed by atoms with Crippen LogP contribution in [0.5, 0.6) is 0 Å². The SMILES string of the molecule is OC(CNc1ccc(Br)c(Cl)c1)c1cc(Cl)ccc1Cl. The van der Waals surface area contributed by atoms with E-state index in [0.717, 1.165) is 10.2 Å². The van der Waals surface area contributed by atoms with E-state index in [1.807, 2.05) is 12.1 Å². The lowest BCUT2D eigenvalue weighted by molar-refractivity contribution is 0.192. The lowest BCUT2D eigenvalue weighted by atomic mass is 10.1. The molecule has 1 unspecified atom stereocenters. The summed E-state index contributed by atoms with van der Waals surface area (Å²) in [5.74, 6) is 0. The summed E-state index contributed by atoms with van der Waals surface area (Å²) in [4.78, 5) is 0. The van der Waals surface area contributed by atoms with Crippen LogP contribution in [0, 0.1) is 0 Å². The van der Waals surface area contributed by atoms with Crippen LogP contribution in [0.25, 0.3) is 0 Å². The minimum Gasteiger partial charge on any atom is -0.387 e. The topological polar surface area (TPSA) is 32.3 Å². The van der Waals surface area contributed by atoms with E-state index in [2.05, 4.69) is 21.2 Å². The Morgan fingerprint density at radius 2 is 1.80 bits per heavy atom. The molecule has 0 heterocycles. The summed E-state index contributed by atoms with van der Waals surface area (Å²) in [5, 5.41) is 14.9. The second-order valence-corrected chi connectivity index (χ2v) is 6.30. The van der Waals surface area contributed by atoms with Gasteiger partial charge in [0.2, 0.25) is 0 Å². The summed E-state index contributed by atoms with van der Waals surface area (Å²) < 4.78 is 0.822. The molecule has 0 saturated carbocycles. The maximum absolute atomic E-state index is 10.2. The summed E-state index contributed by atoms with van der Waals surface area (Å²) >= 11 is 21.3. The predicted molar refractivity (Wildman–Crippen MR) is 89.1 cm³/mol. The Hall–Kier alpha value is -0.450. The van der Waals surface area contributed by atoms with Gasteiger partial charge in [0.05, 0.1) is 11.1 Å². The zero-order chi connectivity index (χ0) is 14.7. The average molecular weight is 396 g/mol. The van der Waals surface area contributed by atoms with Crippen molar-refractivity contribution in [3.63, 3.8) is 0 Å². The fourth-order valence-electron chi connectivity index (χ4n) is 1.70. The maximum Gasteiger partial charge on any atom is 0.0977 e. The van der Waals surface area contributed by atoms with Crippen LogP contribution in [0.2, 0.25) is 15.1 Å². The van der Waals surface area contributed by atoms with Crippen molar-refractivity contribution >= 4 is 56.4 Å². The molecule has 0 aliphatic rings. The molecule has 2 aromatic rings. The van der Waals surface area contributed by atoms with Crippen LogP contribution in [-0.4, -0.2) is 11.7 Å². The highest BCUT2D eigenvalue weighted by molar-refractivity contribution is 9.10. The average Bonchev–Trinajstić information content (AvgIpc) is 2.42. The lowest BCUT2D eigenvalue weighted by Gasteiger charge is -2.15. The zero-order valence-electron chi connectivity index (χ0n) is 10.2. The Morgan fingerprint density at radius 3 is 2.50 bits per heavy atom. The van der Waals surface area contributed by atoms with Crippen LogP contribution < -0.4 is 5.32 Å². The van der Waals surface area contributed by atoms with E-state index < -0.39 is 6.10 Å². The molecule has 0 fully saturated rings. The smallest absolute Gasteiger partial charge is 0.0977 e. The van der Waals surface area contributed by atoms with Gasteiger partial charge in [0.25, 0.3) is 0 Å². The molecule has 0 saturated heterocycles. The summed E-state index contributed by atoms with van der Waals surface area (Å²) in [6, 6.07) is 10.5. The van der Waals surface area contributed by atoms with Crippen LogP contribution >= 0.6 is 50.7 Å². The summed E-state index contributed by atoms with van der Waals surface area (Å²) in [6.45, 7) is 0.304. The first-order valence-corrected chi connectivity index (χ1v) is 7.72. The monoisotopic (exact) mass is 393 g/mol. The summed E-state index contributed by atoms with van der Waals surface area (Å²) in [5.41, 5.74) is 1.41. The Morgan fingerprint density at radius 1 is 1.05 bits per heavy atom. The number of anilines is 1. The lowest BCUT2D eigenvalue weighted by Crippen LogP contribution is -2.12. The van der Waals surface area contributed by atoms with Crippen molar-refractivity contribution < 1.29 is 5.11 Å². The van der Waals surface area contributed by atoms with Gasteiger partial charge in [-0.1, -0.05) is 34.8 Å². The molecular formula is C14H11BrCl3NO. The Kier molecular flexibility index (Phi) is 5.58. The third-order valence-corrected chi connectivity index (χ3v) is 4.55.